The minimum absolute atomic E-state index is 0.109. The van der Waals surface area contributed by atoms with E-state index in [1.54, 1.807) is 0 Å². The number of aromatic nitrogens is 2. The van der Waals surface area contributed by atoms with Gasteiger partial charge < -0.3 is 10.1 Å². The van der Waals surface area contributed by atoms with Gasteiger partial charge in [0.2, 0.25) is 0 Å². The SMILES string of the molecule is CCCNC(C1=CCCO1)c1cc(C)n(C)n1. The van der Waals surface area contributed by atoms with Gasteiger partial charge in [0.05, 0.1) is 12.3 Å². The summed E-state index contributed by atoms with van der Waals surface area (Å²) in [5, 5.41) is 8.04. The highest BCUT2D eigenvalue weighted by Crippen LogP contribution is 2.25. The Kier molecular flexibility index (Phi) is 3.84. The number of rotatable bonds is 5. The number of hydrogen-bond acceptors (Lipinski definition) is 3. The third-order valence-corrected chi connectivity index (χ3v) is 3.04. The molecular formula is C13H21N3O. The van der Waals surface area contributed by atoms with Gasteiger partial charge >= 0.3 is 0 Å². The number of nitrogens with one attached hydrogen (secondary N) is 1. The van der Waals surface area contributed by atoms with E-state index < -0.39 is 0 Å². The predicted octanol–water partition coefficient (Wildman–Crippen LogP) is 2.07. The van der Waals surface area contributed by atoms with E-state index in [0.29, 0.717) is 0 Å². The molecule has 0 fully saturated rings. The molecule has 1 atom stereocenters. The van der Waals surface area contributed by atoms with Crippen LogP contribution in [0, 0.1) is 6.92 Å². The maximum absolute atomic E-state index is 5.67. The highest BCUT2D eigenvalue weighted by atomic mass is 16.5. The van der Waals surface area contributed by atoms with Crippen LogP contribution in [0.5, 0.6) is 0 Å². The summed E-state index contributed by atoms with van der Waals surface area (Å²) in [7, 11) is 1.97. The number of ether oxygens (including phenoxy) is 1. The fourth-order valence-electron chi connectivity index (χ4n) is 2.01. The Hall–Kier alpha value is -1.29. The second kappa shape index (κ2) is 5.36. The Balaban J connectivity index is 2.19. The first-order chi connectivity index (χ1) is 8.22. The van der Waals surface area contributed by atoms with Crippen LogP contribution in [0.25, 0.3) is 0 Å². The molecule has 0 aliphatic carbocycles. The zero-order valence-electron chi connectivity index (χ0n) is 10.9. The molecule has 0 bridgehead atoms. The summed E-state index contributed by atoms with van der Waals surface area (Å²) < 4.78 is 7.57. The van der Waals surface area contributed by atoms with E-state index in [-0.39, 0.29) is 6.04 Å². The van der Waals surface area contributed by atoms with Gasteiger partial charge in [0, 0.05) is 19.2 Å². The maximum Gasteiger partial charge on any atom is 0.115 e. The molecule has 0 saturated heterocycles. The van der Waals surface area contributed by atoms with E-state index in [1.807, 2.05) is 11.7 Å². The first kappa shape index (κ1) is 12.2. The maximum atomic E-state index is 5.67. The third-order valence-electron chi connectivity index (χ3n) is 3.04. The van der Waals surface area contributed by atoms with E-state index in [4.69, 9.17) is 4.74 Å². The molecule has 4 nitrogen and oxygen atoms in total. The minimum atomic E-state index is 0.109. The van der Waals surface area contributed by atoms with Crippen molar-refractivity contribution in [1.82, 2.24) is 15.1 Å². The third kappa shape index (κ3) is 2.69. The fourth-order valence-corrected chi connectivity index (χ4v) is 2.01. The van der Waals surface area contributed by atoms with Crippen LogP contribution in [0.2, 0.25) is 0 Å². The second-order valence-electron chi connectivity index (χ2n) is 4.46. The first-order valence-electron chi connectivity index (χ1n) is 6.29. The molecule has 0 amide bonds. The van der Waals surface area contributed by atoms with Gasteiger partial charge in [-0.1, -0.05) is 6.92 Å². The van der Waals surface area contributed by atoms with Crippen LogP contribution in [0.4, 0.5) is 0 Å². The molecule has 1 unspecified atom stereocenters. The first-order valence-corrected chi connectivity index (χ1v) is 6.29. The van der Waals surface area contributed by atoms with E-state index in [9.17, 15) is 0 Å². The van der Waals surface area contributed by atoms with Crippen molar-refractivity contribution in [2.75, 3.05) is 13.2 Å². The highest BCUT2D eigenvalue weighted by molar-refractivity contribution is 5.22. The molecule has 17 heavy (non-hydrogen) atoms. The smallest absolute Gasteiger partial charge is 0.115 e. The zero-order valence-corrected chi connectivity index (χ0v) is 10.9. The molecule has 0 saturated carbocycles. The Morgan fingerprint density at radius 1 is 1.59 bits per heavy atom. The van der Waals surface area contributed by atoms with Gasteiger partial charge in [0.25, 0.3) is 0 Å². The summed E-state index contributed by atoms with van der Waals surface area (Å²) in [5.74, 6) is 1.02. The minimum Gasteiger partial charge on any atom is -0.496 e. The van der Waals surface area contributed by atoms with Crippen LogP contribution in [-0.2, 0) is 11.8 Å². The molecule has 0 aromatic carbocycles. The molecule has 1 N–H and O–H groups in total. The number of hydrogen-bond donors (Lipinski definition) is 1. The normalized spacial score (nSPS) is 16.8. The molecule has 2 heterocycles. The molecule has 2 rings (SSSR count). The molecule has 0 radical (unpaired) electrons. The Morgan fingerprint density at radius 3 is 2.94 bits per heavy atom. The monoisotopic (exact) mass is 235 g/mol. The van der Waals surface area contributed by atoms with Crippen molar-refractivity contribution in [2.45, 2.75) is 32.7 Å². The van der Waals surface area contributed by atoms with Crippen molar-refractivity contribution in [3.05, 3.63) is 29.3 Å². The second-order valence-corrected chi connectivity index (χ2v) is 4.46. The number of aryl methyl sites for hydroxylation is 2. The lowest BCUT2D eigenvalue weighted by Crippen LogP contribution is -2.24. The summed E-state index contributed by atoms with van der Waals surface area (Å²) in [6, 6.07) is 2.23. The van der Waals surface area contributed by atoms with Crippen LogP contribution in [0.1, 0.15) is 37.2 Å². The van der Waals surface area contributed by atoms with Crippen molar-refractivity contribution in [3.63, 3.8) is 0 Å². The van der Waals surface area contributed by atoms with Gasteiger partial charge in [-0.3, -0.25) is 4.68 Å². The molecule has 1 aromatic heterocycles. The summed E-state index contributed by atoms with van der Waals surface area (Å²) >= 11 is 0. The average Bonchev–Trinajstić information content (AvgIpc) is 2.92. The van der Waals surface area contributed by atoms with Crippen molar-refractivity contribution in [2.24, 2.45) is 7.05 Å². The van der Waals surface area contributed by atoms with E-state index >= 15 is 0 Å². The fraction of sp³-hybridized carbons (Fsp3) is 0.615. The Labute approximate surface area is 103 Å². The Bertz CT molecular complexity index is 389. The van der Waals surface area contributed by atoms with Crippen molar-refractivity contribution in [1.29, 1.82) is 0 Å². The van der Waals surface area contributed by atoms with Gasteiger partial charge in [-0.05, 0) is 32.0 Å². The van der Waals surface area contributed by atoms with Crippen molar-refractivity contribution < 1.29 is 4.74 Å². The summed E-state index contributed by atoms with van der Waals surface area (Å²) in [5.41, 5.74) is 2.22. The lowest BCUT2D eigenvalue weighted by Gasteiger charge is -2.17. The van der Waals surface area contributed by atoms with Crippen LogP contribution in [0.3, 0.4) is 0 Å². The van der Waals surface area contributed by atoms with Crippen LogP contribution < -0.4 is 5.32 Å². The van der Waals surface area contributed by atoms with E-state index in [0.717, 1.165) is 37.4 Å². The average molecular weight is 235 g/mol. The Morgan fingerprint density at radius 2 is 2.41 bits per heavy atom. The number of nitrogens with zero attached hydrogens (tertiary/aromatic N) is 2. The zero-order chi connectivity index (χ0) is 12.3. The summed E-state index contributed by atoms with van der Waals surface area (Å²) in [6.07, 6.45) is 4.28. The summed E-state index contributed by atoms with van der Waals surface area (Å²) in [6.45, 7) is 6.00. The molecule has 1 aliphatic heterocycles. The lowest BCUT2D eigenvalue weighted by atomic mass is 10.1. The molecule has 4 heteroatoms. The van der Waals surface area contributed by atoms with Crippen LogP contribution in [-0.4, -0.2) is 22.9 Å². The van der Waals surface area contributed by atoms with Gasteiger partial charge in [-0.2, -0.15) is 5.10 Å². The molecular weight excluding hydrogens is 214 g/mol. The standard InChI is InChI=1S/C13H21N3O/c1-4-7-14-13(12-6-5-8-17-12)11-9-10(2)16(3)15-11/h6,9,13-14H,4-5,7-8H2,1-3H3. The summed E-state index contributed by atoms with van der Waals surface area (Å²) in [4.78, 5) is 0. The van der Waals surface area contributed by atoms with Gasteiger partial charge in [-0.15, -0.1) is 0 Å². The predicted molar refractivity (Wildman–Crippen MR) is 67.6 cm³/mol. The lowest BCUT2D eigenvalue weighted by molar-refractivity contribution is 0.214. The molecule has 1 aromatic rings. The molecule has 1 aliphatic rings. The highest BCUT2D eigenvalue weighted by Gasteiger charge is 2.22. The van der Waals surface area contributed by atoms with Gasteiger partial charge in [0.15, 0.2) is 0 Å². The van der Waals surface area contributed by atoms with Crippen molar-refractivity contribution >= 4 is 0 Å². The van der Waals surface area contributed by atoms with Gasteiger partial charge in [-0.25, -0.2) is 0 Å². The van der Waals surface area contributed by atoms with Crippen molar-refractivity contribution in [3.8, 4) is 0 Å². The van der Waals surface area contributed by atoms with E-state index in [1.165, 1.54) is 5.69 Å². The van der Waals surface area contributed by atoms with Gasteiger partial charge in [0.1, 0.15) is 11.8 Å². The largest absolute Gasteiger partial charge is 0.496 e. The molecule has 0 spiro atoms. The topological polar surface area (TPSA) is 39.1 Å². The molecule has 94 valence electrons. The van der Waals surface area contributed by atoms with E-state index in [2.05, 4.69) is 36.4 Å². The quantitative estimate of drug-likeness (QED) is 0.849. The van der Waals surface area contributed by atoms with Crippen LogP contribution in [0.15, 0.2) is 17.9 Å². The van der Waals surface area contributed by atoms with Crippen LogP contribution >= 0.6 is 0 Å².